The number of nitrogens with one attached hydrogen (secondary N) is 2. The van der Waals surface area contributed by atoms with E-state index in [4.69, 9.17) is 0 Å². The molecule has 1 saturated heterocycles. The lowest BCUT2D eigenvalue weighted by atomic mass is 9.87. The van der Waals surface area contributed by atoms with Crippen molar-refractivity contribution in [2.45, 2.75) is 25.2 Å². The van der Waals surface area contributed by atoms with Gasteiger partial charge in [-0.1, -0.05) is 24.3 Å². The van der Waals surface area contributed by atoms with E-state index in [2.05, 4.69) is 10.6 Å². The SMILES string of the molecule is CC1(c2ccccc2C(F)(F)F)NC(=O)N(CC(=O)NCc2cccs2)C1=O. The van der Waals surface area contributed by atoms with Crippen LogP contribution in [0.5, 0.6) is 0 Å². The highest BCUT2D eigenvalue weighted by Gasteiger charge is 2.52. The summed E-state index contributed by atoms with van der Waals surface area (Å²) >= 11 is 1.43. The molecule has 2 aromatic rings. The van der Waals surface area contributed by atoms with E-state index in [1.807, 2.05) is 17.5 Å². The van der Waals surface area contributed by atoms with Gasteiger partial charge in [0.25, 0.3) is 5.91 Å². The number of hydrogen-bond donors (Lipinski definition) is 2. The van der Waals surface area contributed by atoms with Crippen molar-refractivity contribution in [2.75, 3.05) is 6.54 Å². The van der Waals surface area contributed by atoms with Crippen LogP contribution in [0.3, 0.4) is 0 Å². The molecule has 0 saturated carbocycles. The highest BCUT2D eigenvalue weighted by Crippen LogP contribution is 2.39. The highest BCUT2D eigenvalue weighted by molar-refractivity contribution is 7.09. The fourth-order valence-electron chi connectivity index (χ4n) is 2.99. The molecule has 0 spiro atoms. The number of imide groups is 1. The lowest BCUT2D eigenvalue weighted by molar-refractivity contribution is -0.140. The number of alkyl halides is 3. The third-order valence-corrected chi connectivity index (χ3v) is 5.26. The van der Waals surface area contributed by atoms with Crippen molar-refractivity contribution >= 4 is 29.2 Å². The first kappa shape index (κ1) is 19.9. The number of carbonyl (C=O) groups excluding carboxylic acids is 3. The molecule has 0 radical (unpaired) electrons. The zero-order valence-corrected chi connectivity index (χ0v) is 15.5. The van der Waals surface area contributed by atoms with Gasteiger partial charge in [0.15, 0.2) is 0 Å². The smallest absolute Gasteiger partial charge is 0.350 e. The number of nitrogens with zero attached hydrogens (tertiary/aromatic N) is 1. The van der Waals surface area contributed by atoms with Crippen molar-refractivity contribution in [3.63, 3.8) is 0 Å². The predicted molar refractivity (Wildman–Crippen MR) is 95.2 cm³/mol. The second-order valence-electron chi connectivity index (χ2n) is 6.35. The number of thiophene rings is 1. The molecular formula is C18H16F3N3O3S. The number of benzene rings is 1. The van der Waals surface area contributed by atoms with E-state index < -0.39 is 41.7 Å². The number of hydrogen-bond acceptors (Lipinski definition) is 4. The number of amides is 4. The first-order valence-corrected chi connectivity index (χ1v) is 9.11. The average molecular weight is 411 g/mol. The summed E-state index contributed by atoms with van der Waals surface area (Å²) < 4.78 is 40.0. The fourth-order valence-corrected chi connectivity index (χ4v) is 3.63. The van der Waals surface area contributed by atoms with Crippen LogP contribution in [0.1, 0.15) is 22.9 Å². The number of rotatable bonds is 5. The first-order valence-electron chi connectivity index (χ1n) is 8.23. The van der Waals surface area contributed by atoms with Crippen LogP contribution in [0.15, 0.2) is 41.8 Å². The lowest BCUT2D eigenvalue weighted by Gasteiger charge is -2.25. The van der Waals surface area contributed by atoms with E-state index in [-0.39, 0.29) is 12.1 Å². The van der Waals surface area contributed by atoms with Crippen LogP contribution in [0.2, 0.25) is 0 Å². The van der Waals surface area contributed by atoms with Gasteiger partial charge in [-0.25, -0.2) is 4.79 Å². The Bertz CT molecular complexity index is 914. The molecule has 1 unspecified atom stereocenters. The van der Waals surface area contributed by atoms with Crippen molar-refractivity contribution in [3.8, 4) is 0 Å². The summed E-state index contributed by atoms with van der Waals surface area (Å²) in [6, 6.07) is 7.24. The topological polar surface area (TPSA) is 78.5 Å². The molecule has 1 aliphatic rings. The molecule has 2 heterocycles. The minimum atomic E-state index is -4.70. The summed E-state index contributed by atoms with van der Waals surface area (Å²) in [5.74, 6) is -1.51. The van der Waals surface area contributed by atoms with Crippen LogP contribution in [0.4, 0.5) is 18.0 Å². The molecule has 3 rings (SSSR count). The molecule has 1 aromatic carbocycles. The Morgan fingerprint density at radius 2 is 1.93 bits per heavy atom. The van der Waals surface area contributed by atoms with Gasteiger partial charge in [-0.3, -0.25) is 14.5 Å². The van der Waals surface area contributed by atoms with E-state index in [0.717, 1.165) is 17.0 Å². The maximum absolute atomic E-state index is 13.3. The summed E-state index contributed by atoms with van der Waals surface area (Å²) in [6.45, 7) is 0.843. The van der Waals surface area contributed by atoms with Crippen LogP contribution >= 0.6 is 11.3 Å². The third-order valence-electron chi connectivity index (χ3n) is 4.39. The number of carbonyl (C=O) groups is 3. The van der Waals surface area contributed by atoms with E-state index in [9.17, 15) is 27.6 Å². The Labute approximate surface area is 162 Å². The molecule has 2 N–H and O–H groups in total. The Morgan fingerprint density at radius 1 is 1.21 bits per heavy atom. The van der Waals surface area contributed by atoms with Crippen molar-refractivity contribution in [2.24, 2.45) is 0 Å². The molecule has 0 aliphatic carbocycles. The molecule has 6 nitrogen and oxygen atoms in total. The van der Waals surface area contributed by atoms with E-state index >= 15 is 0 Å². The van der Waals surface area contributed by atoms with Crippen molar-refractivity contribution in [1.29, 1.82) is 0 Å². The fraction of sp³-hybridized carbons (Fsp3) is 0.278. The summed E-state index contributed by atoms with van der Waals surface area (Å²) in [6.07, 6.45) is -4.70. The van der Waals surface area contributed by atoms with Gasteiger partial charge < -0.3 is 10.6 Å². The van der Waals surface area contributed by atoms with Crippen molar-refractivity contribution in [3.05, 3.63) is 57.8 Å². The zero-order valence-electron chi connectivity index (χ0n) is 14.7. The largest absolute Gasteiger partial charge is 0.416 e. The van der Waals surface area contributed by atoms with Gasteiger partial charge in [-0.05, 0) is 30.0 Å². The minimum Gasteiger partial charge on any atom is -0.350 e. The molecule has 1 atom stereocenters. The van der Waals surface area contributed by atoms with Crippen LogP contribution in [-0.2, 0) is 27.8 Å². The maximum atomic E-state index is 13.3. The normalized spacial score (nSPS) is 19.6. The maximum Gasteiger partial charge on any atom is 0.416 e. The zero-order chi connectivity index (χ0) is 20.5. The van der Waals surface area contributed by atoms with Gasteiger partial charge in [0.1, 0.15) is 12.1 Å². The molecule has 4 amide bonds. The first-order chi connectivity index (χ1) is 13.1. The van der Waals surface area contributed by atoms with Crippen LogP contribution in [0.25, 0.3) is 0 Å². The Morgan fingerprint density at radius 3 is 2.57 bits per heavy atom. The number of urea groups is 1. The minimum absolute atomic E-state index is 0.230. The average Bonchev–Trinajstić information content (AvgIpc) is 3.23. The Hall–Kier alpha value is -2.88. The molecule has 148 valence electrons. The molecule has 1 fully saturated rings. The van der Waals surface area contributed by atoms with Gasteiger partial charge in [-0.15, -0.1) is 11.3 Å². The molecule has 1 aromatic heterocycles. The van der Waals surface area contributed by atoms with Crippen molar-refractivity contribution < 1.29 is 27.6 Å². The molecule has 0 bridgehead atoms. The molecule has 10 heteroatoms. The van der Waals surface area contributed by atoms with E-state index in [0.29, 0.717) is 4.90 Å². The van der Waals surface area contributed by atoms with Gasteiger partial charge in [0.05, 0.1) is 12.1 Å². The Balaban J connectivity index is 1.79. The highest BCUT2D eigenvalue weighted by atomic mass is 32.1. The molecule has 28 heavy (non-hydrogen) atoms. The second kappa shape index (κ2) is 7.27. The molecule has 1 aliphatic heterocycles. The van der Waals surface area contributed by atoms with E-state index in [1.165, 1.54) is 30.4 Å². The summed E-state index contributed by atoms with van der Waals surface area (Å²) in [7, 11) is 0. The Kier molecular flexibility index (Phi) is 5.16. The third kappa shape index (κ3) is 3.72. The van der Waals surface area contributed by atoms with Gasteiger partial charge >= 0.3 is 12.2 Å². The van der Waals surface area contributed by atoms with Crippen molar-refractivity contribution in [1.82, 2.24) is 15.5 Å². The van der Waals surface area contributed by atoms with Gasteiger partial charge in [0, 0.05) is 4.88 Å². The van der Waals surface area contributed by atoms with Crippen LogP contribution in [0, 0.1) is 0 Å². The van der Waals surface area contributed by atoms with Crippen LogP contribution < -0.4 is 10.6 Å². The quantitative estimate of drug-likeness (QED) is 0.743. The summed E-state index contributed by atoms with van der Waals surface area (Å²) in [4.78, 5) is 38.6. The number of halogens is 3. The monoisotopic (exact) mass is 411 g/mol. The summed E-state index contributed by atoms with van der Waals surface area (Å²) in [5, 5.41) is 6.70. The standard InChI is InChI=1S/C18H16F3N3O3S/c1-17(12-6-2-3-7-13(12)18(19,20)21)15(26)24(16(27)23-17)10-14(25)22-9-11-5-4-8-28-11/h2-8H,9-10H2,1H3,(H,22,25)(H,23,27). The van der Waals surface area contributed by atoms with Crippen LogP contribution in [-0.4, -0.2) is 29.3 Å². The second-order valence-corrected chi connectivity index (χ2v) is 7.38. The van der Waals surface area contributed by atoms with E-state index in [1.54, 1.807) is 0 Å². The van der Waals surface area contributed by atoms with Gasteiger partial charge in [0.2, 0.25) is 5.91 Å². The lowest BCUT2D eigenvalue weighted by Crippen LogP contribution is -2.44. The van der Waals surface area contributed by atoms with Gasteiger partial charge in [-0.2, -0.15) is 13.2 Å². The summed E-state index contributed by atoms with van der Waals surface area (Å²) in [5.41, 5.74) is -3.31. The molecular weight excluding hydrogens is 395 g/mol. The predicted octanol–water partition coefficient (Wildman–Crippen LogP) is 2.85.